The highest BCUT2D eigenvalue weighted by Gasteiger charge is 2.50. The van der Waals surface area contributed by atoms with E-state index < -0.39 is 0 Å². The molecule has 1 atom stereocenters. The van der Waals surface area contributed by atoms with Gasteiger partial charge in [0.15, 0.2) is 0 Å². The molecule has 1 unspecified atom stereocenters. The third kappa shape index (κ3) is 1.87. The predicted octanol–water partition coefficient (Wildman–Crippen LogP) is 2.97. The van der Waals surface area contributed by atoms with Gasteiger partial charge in [0.05, 0.1) is 11.2 Å². The van der Waals surface area contributed by atoms with Crippen molar-refractivity contribution in [2.45, 2.75) is 58.7 Å². The monoisotopic (exact) mass is 208 g/mol. The fourth-order valence-corrected chi connectivity index (χ4v) is 1.98. The lowest BCUT2D eigenvalue weighted by atomic mass is 9.74. The molecule has 0 aromatic rings. The van der Waals surface area contributed by atoms with Crippen molar-refractivity contribution in [3.63, 3.8) is 0 Å². The van der Waals surface area contributed by atoms with Gasteiger partial charge in [-0.25, -0.2) is 0 Å². The van der Waals surface area contributed by atoms with Crippen molar-refractivity contribution >= 4 is 7.12 Å². The van der Waals surface area contributed by atoms with Gasteiger partial charge in [-0.1, -0.05) is 18.5 Å². The Hall–Kier alpha value is -0.275. The Kier molecular flexibility index (Phi) is 2.51. The minimum absolute atomic E-state index is 0.146. The highest BCUT2D eigenvalue weighted by molar-refractivity contribution is 6.51. The largest absolute Gasteiger partial charge is 0.487 e. The molecule has 0 amide bonds. The maximum atomic E-state index is 5.92. The fraction of sp³-hybridized carbons (Fsp3) is 0.833. The highest BCUT2D eigenvalue weighted by Crippen LogP contribution is 2.39. The molecule has 2 rings (SSSR count). The maximum Gasteiger partial charge on any atom is 0.487 e. The van der Waals surface area contributed by atoms with Gasteiger partial charge < -0.3 is 9.31 Å². The molecule has 1 saturated carbocycles. The zero-order chi connectivity index (χ0) is 11.3. The molecule has 3 heteroatoms. The van der Waals surface area contributed by atoms with E-state index in [1.165, 1.54) is 18.4 Å². The van der Waals surface area contributed by atoms with Gasteiger partial charge in [0, 0.05) is 0 Å². The van der Waals surface area contributed by atoms with Crippen LogP contribution in [0.3, 0.4) is 0 Å². The third-order valence-electron chi connectivity index (χ3n) is 4.12. The standard InChI is InChI=1S/C12H21BO2/c1-9-6-7-10(9)8-13-14-11(2,3)12(4,5)15-13/h8-9H,6-7H2,1-5H3/b10-8-. The van der Waals surface area contributed by atoms with E-state index in [-0.39, 0.29) is 18.3 Å². The van der Waals surface area contributed by atoms with E-state index in [9.17, 15) is 0 Å². The van der Waals surface area contributed by atoms with Crippen molar-refractivity contribution in [2.75, 3.05) is 0 Å². The van der Waals surface area contributed by atoms with E-state index in [0.29, 0.717) is 0 Å². The van der Waals surface area contributed by atoms with Gasteiger partial charge in [-0.2, -0.15) is 0 Å². The van der Waals surface area contributed by atoms with E-state index in [1.807, 2.05) is 0 Å². The summed E-state index contributed by atoms with van der Waals surface area (Å²) in [5.41, 5.74) is 1.08. The molecular formula is C12H21BO2. The van der Waals surface area contributed by atoms with Gasteiger partial charge in [0.25, 0.3) is 0 Å². The Bertz CT molecular complexity index is 278. The van der Waals surface area contributed by atoms with Gasteiger partial charge >= 0.3 is 7.12 Å². The lowest BCUT2D eigenvalue weighted by Crippen LogP contribution is -2.41. The van der Waals surface area contributed by atoms with Crippen LogP contribution in [-0.2, 0) is 9.31 Å². The van der Waals surface area contributed by atoms with Gasteiger partial charge in [0.2, 0.25) is 0 Å². The molecule has 1 aliphatic carbocycles. The molecule has 0 N–H and O–H groups in total. The van der Waals surface area contributed by atoms with Gasteiger partial charge in [0.1, 0.15) is 0 Å². The summed E-state index contributed by atoms with van der Waals surface area (Å²) < 4.78 is 11.8. The van der Waals surface area contributed by atoms with E-state index in [1.54, 1.807) is 0 Å². The molecule has 0 bridgehead atoms. The van der Waals surface area contributed by atoms with Crippen molar-refractivity contribution < 1.29 is 9.31 Å². The first kappa shape index (κ1) is 11.2. The molecule has 2 nitrogen and oxygen atoms in total. The van der Waals surface area contributed by atoms with E-state index in [4.69, 9.17) is 9.31 Å². The average Bonchev–Trinajstić information content (AvgIpc) is 2.29. The van der Waals surface area contributed by atoms with Crippen LogP contribution in [0.15, 0.2) is 11.5 Å². The normalized spacial score (nSPS) is 35.7. The van der Waals surface area contributed by atoms with Crippen LogP contribution in [0, 0.1) is 5.92 Å². The Labute approximate surface area is 93.2 Å². The van der Waals surface area contributed by atoms with Crippen LogP contribution in [-0.4, -0.2) is 18.3 Å². The molecule has 0 aromatic heterocycles. The molecule has 1 saturated heterocycles. The summed E-state index contributed by atoms with van der Waals surface area (Å²) in [4.78, 5) is 0. The Morgan fingerprint density at radius 2 is 1.73 bits per heavy atom. The SMILES string of the molecule is CC1CC/C1=C/B1OC(C)(C)C(C)(C)O1. The molecule has 1 heterocycles. The molecule has 2 aliphatic rings. The topological polar surface area (TPSA) is 18.5 Å². The van der Waals surface area contributed by atoms with E-state index in [2.05, 4.69) is 40.6 Å². The second-order valence-electron chi connectivity index (χ2n) is 5.81. The number of hydrogen-bond acceptors (Lipinski definition) is 2. The van der Waals surface area contributed by atoms with Crippen LogP contribution in [0.4, 0.5) is 0 Å². The Balaban J connectivity index is 2.07. The van der Waals surface area contributed by atoms with Crippen LogP contribution >= 0.6 is 0 Å². The second kappa shape index (κ2) is 3.36. The summed E-state index contributed by atoms with van der Waals surface area (Å²) in [5.74, 6) is 2.90. The summed E-state index contributed by atoms with van der Waals surface area (Å²) >= 11 is 0. The van der Waals surface area contributed by atoms with Gasteiger partial charge in [-0.3, -0.25) is 0 Å². The fourth-order valence-electron chi connectivity index (χ4n) is 1.98. The summed E-state index contributed by atoms with van der Waals surface area (Å²) in [6, 6.07) is 0. The quantitative estimate of drug-likeness (QED) is 0.616. The summed E-state index contributed by atoms with van der Waals surface area (Å²) in [5, 5.41) is 0. The zero-order valence-corrected chi connectivity index (χ0v) is 10.5. The van der Waals surface area contributed by atoms with Crippen LogP contribution < -0.4 is 0 Å². The first-order chi connectivity index (χ1) is 6.82. The van der Waals surface area contributed by atoms with Crippen molar-refractivity contribution in [1.29, 1.82) is 0 Å². The molecule has 15 heavy (non-hydrogen) atoms. The average molecular weight is 208 g/mol. The van der Waals surface area contributed by atoms with Crippen LogP contribution in [0.5, 0.6) is 0 Å². The lowest BCUT2D eigenvalue weighted by Gasteiger charge is -2.32. The maximum absolute atomic E-state index is 5.92. The van der Waals surface area contributed by atoms with Crippen molar-refractivity contribution in [1.82, 2.24) is 0 Å². The lowest BCUT2D eigenvalue weighted by molar-refractivity contribution is 0.00578. The predicted molar refractivity (Wildman–Crippen MR) is 62.6 cm³/mol. The van der Waals surface area contributed by atoms with Crippen molar-refractivity contribution in [3.8, 4) is 0 Å². The molecule has 2 fully saturated rings. The van der Waals surface area contributed by atoms with Crippen molar-refractivity contribution in [3.05, 3.63) is 11.5 Å². The second-order valence-corrected chi connectivity index (χ2v) is 5.81. The Morgan fingerprint density at radius 1 is 1.20 bits per heavy atom. The molecule has 0 spiro atoms. The number of allylic oxidation sites excluding steroid dienone is 1. The summed E-state index contributed by atoms with van der Waals surface area (Å²) in [6.07, 6.45) is 2.52. The van der Waals surface area contributed by atoms with E-state index in [0.717, 1.165) is 5.92 Å². The first-order valence-electron chi connectivity index (χ1n) is 5.88. The van der Waals surface area contributed by atoms with E-state index >= 15 is 0 Å². The van der Waals surface area contributed by atoms with Crippen LogP contribution in [0.25, 0.3) is 0 Å². The summed E-state index contributed by atoms with van der Waals surface area (Å²) in [6.45, 7) is 10.6. The molecular weight excluding hydrogens is 187 g/mol. The van der Waals surface area contributed by atoms with Crippen LogP contribution in [0.1, 0.15) is 47.5 Å². The molecule has 1 aliphatic heterocycles. The smallest absolute Gasteiger partial charge is 0.400 e. The highest BCUT2D eigenvalue weighted by atomic mass is 16.7. The zero-order valence-electron chi connectivity index (χ0n) is 10.5. The minimum atomic E-state index is -0.207. The molecule has 0 aromatic carbocycles. The van der Waals surface area contributed by atoms with Gasteiger partial charge in [-0.15, -0.1) is 0 Å². The number of hydrogen-bond donors (Lipinski definition) is 0. The number of rotatable bonds is 1. The minimum Gasteiger partial charge on any atom is -0.400 e. The van der Waals surface area contributed by atoms with Crippen LogP contribution in [0.2, 0.25) is 0 Å². The van der Waals surface area contributed by atoms with Crippen molar-refractivity contribution in [2.24, 2.45) is 5.92 Å². The molecule has 84 valence electrons. The first-order valence-corrected chi connectivity index (χ1v) is 5.88. The summed E-state index contributed by atoms with van der Waals surface area (Å²) in [7, 11) is -0.146. The Morgan fingerprint density at radius 3 is 2.07 bits per heavy atom. The third-order valence-corrected chi connectivity index (χ3v) is 4.12. The van der Waals surface area contributed by atoms with Gasteiger partial charge in [-0.05, 0) is 46.5 Å². The molecule has 0 radical (unpaired) electrons.